The number of hydrogen-bond acceptors (Lipinski definition) is 5. The fourth-order valence-corrected chi connectivity index (χ4v) is 6.42. The van der Waals surface area contributed by atoms with Gasteiger partial charge in [0.15, 0.2) is 22.2 Å². The normalized spacial score (nSPS) is 33.6. The fraction of sp³-hybridized carbons (Fsp3) is 0.864. The van der Waals surface area contributed by atoms with Gasteiger partial charge in [0.05, 0.1) is 19.3 Å². The molecule has 1 aliphatic carbocycles. The average Bonchev–Trinajstić information content (AvgIpc) is 2.85. The number of rotatable bonds is 5. The van der Waals surface area contributed by atoms with E-state index in [-0.39, 0.29) is 41.3 Å². The van der Waals surface area contributed by atoms with Crippen LogP contribution in [-0.2, 0) is 18.4 Å². The van der Waals surface area contributed by atoms with Gasteiger partial charge < -0.3 is 18.7 Å². The van der Waals surface area contributed by atoms with Crippen molar-refractivity contribution in [2.75, 3.05) is 13.2 Å². The van der Waals surface area contributed by atoms with Gasteiger partial charge in [0, 0.05) is 11.3 Å². The van der Waals surface area contributed by atoms with E-state index in [0.29, 0.717) is 0 Å². The summed E-state index contributed by atoms with van der Waals surface area (Å²) in [4.78, 5) is 13.0. The number of cyclic esters (lactones) is 1. The molecule has 0 aromatic heterocycles. The molecule has 1 fully saturated rings. The lowest BCUT2D eigenvalue weighted by Crippen LogP contribution is -2.63. The molecule has 0 bridgehead atoms. The van der Waals surface area contributed by atoms with Gasteiger partial charge >= 0.3 is 5.97 Å². The van der Waals surface area contributed by atoms with Gasteiger partial charge in [0.25, 0.3) is 0 Å². The molecular formula is C22H42O5Si2. The van der Waals surface area contributed by atoms with Gasteiger partial charge in [-0.25, -0.2) is 4.79 Å². The van der Waals surface area contributed by atoms with Crippen LogP contribution in [0.3, 0.4) is 0 Å². The maximum absolute atomic E-state index is 13.0. The number of aliphatic hydroxyl groups is 1. The van der Waals surface area contributed by atoms with Crippen LogP contribution in [0.4, 0.5) is 0 Å². The molecule has 168 valence electrons. The van der Waals surface area contributed by atoms with E-state index in [1.165, 1.54) is 0 Å². The zero-order valence-electron chi connectivity index (χ0n) is 20.3. The number of fused-ring (bicyclic) bond motifs is 1. The highest BCUT2D eigenvalue weighted by molar-refractivity contribution is 6.74. The van der Waals surface area contributed by atoms with Gasteiger partial charge in [-0.15, -0.1) is 0 Å². The minimum atomic E-state index is -2.27. The highest BCUT2D eigenvalue weighted by Crippen LogP contribution is 2.54. The third-order valence-electron chi connectivity index (χ3n) is 7.98. The van der Waals surface area contributed by atoms with Crippen molar-refractivity contribution in [1.82, 2.24) is 0 Å². The Morgan fingerprint density at radius 2 is 1.62 bits per heavy atom. The van der Waals surface area contributed by atoms with Gasteiger partial charge in [0.2, 0.25) is 0 Å². The predicted octanol–water partition coefficient (Wildman–Crippen LogP) is 4.88. The standard InChI is InChI=1S/C22H42O5Si2/c1-19(2,3)28(8,9)26-17-12-13-22(27-29(10,11)20(4,5)6)16(14-25-18(22)24)21(17,7)15-23/h12-13,16-17,23H,14-15H2,1-11H3/t16-,17-,21-,22-/m0/s1. The van der Waals surface area contributed by atoms with Crippen LogP contribution in [0.25, 0.3) is 0 Å². The molecule has 1 saturated heterocycles. The number of carbonyl (C=O) groups is 1. The number of aliphatic hydroxyl groups excluding tert-OH is 1. The zero-order valence-corrected chi connectivity index (χ0v) is 22.3. The second-order valence-corrected chi connectivity index (χ2v) is 21.6. The largest absolute Gasteiger partial charge is 0.463 e. The molecular weight excluding hydrogens is 400 g/mol. The summed E-state index contributed by atoms with van der Waals surface area (Å²) < 4.78 is 19.0. The second-order valence-electron chi connectivity index (χ2n) is 12.1. The molecule has 2 aliphatic rings. The molecule has 7 heteroatoms. The van der Waals surface area contributed by atoms with Gasteiger partial charge in [-0.05, 0) is 42.3 Å². The molecule has 0 radical (unpaired) electrons. The lowest BCUT2D eigenvalue weighted by atomic mass is 9.63. The van der Waals surface area contributed by atoms with Gasteiger partial charge in [0.1, 0.15) is 0 Å². The van der Waals surface area contributed by atoms with Crippen molar-refractivity contribution in [3.63, 3.8) is 0 Å². The van der Waals surface area contributed by atoms with Crippen LogP contribution in [0.15, 0.2) is 12.2 Å². The SMILES string of the molecule is CC(C)(C)[Si](C)(C)O[C@H]1C=C[C@@]2(O[Si](C)(C)C(C)(C)C)C(=O)OC[C@H]2[C@]1(C)CO. The first-order chi connectivity index (χ1) is 12.8. The van der Waals surface area contributed by atoms with Crippen LogP contribution < -0.4 is 0 Å². The number of hydrogen-bond donors (Lipinski definition) is 1. The Morgan fingerprint density at radius 3 is 2.07 bits per heavy atom. The highest BCUT2D eigenvalue weighted by atomic mass is 28.4. The van der Waals surface area contributed by atoms with E-state index >= 15 is 0 Å². The Labute approximate surface area is 179 Å². The molecule has 0 aromatic rings. The van der Waals surface area contributed by atoms with Crippen molar-refractivity contribution in [2.24, 2.45) is 11.3 Å². The van der Waals surface area contributed by atoms with E-state index in [1.54, 1.807) is 0 Å². The van der Waals surface area contributed by atoms with Crippen LogP contribution in [0.1, 0.15) is 48.5 Å². The van der Waals surface area contributed by atoms with E-state index in [2.05, 4.69) is 67.7 Å². The molecule has 1 aliphatic heterocycles. The van der Waals surface area contributed by atoms with Crippen molar-refractivity contribution in [3.8, 4) is 0 Å². The Balaban J connectivity index is 2.52. The van der Waals surface area contributed by atoms with Crippen LogP contribution in [-0.4, -0.2) is 52.6 Å². The molecule has 0 amide bonds. The molecule has 29 heavy (non-hydrogen) atoms. The summed E-state index contributed by atoms with van der Waals surface area (Å²) in [5.41, 5.74) is -1.81. The minimum Gasteiger partial charge on any atom is -0.463 e. The molecule has 0 saturated carbocycles. The topological polar surface area (TPSA) is 65.0 Å². The summed E-state index contributed by atoms with van der Waals surface area (Å²) in [6.45, 7) is 24.0. The van der Waals surface area contributed by atoms with Crippen molar-refractivity contribution in [1.29, 1.82) is 0 Å². The maximum atomic E-state index is 13.0. The summed E-state index contributed by atoms with van der Waals surface area (Å²) >= 11 is 0. The number of carbonyl (C=O) groups excluding carboxylic acids is 1. The zero-order chi connectivity index (χ0) is 22.7. The van der Waals surface area contributed by atoms with Crippen molar-refractivity contribution < 1.29 is 23.5 Å². The Morgan fingerprint density at radius 1 is 1.10 bits per heavy atom. The summed E-state index contributed by atoms with van der Waals surface area (Å²) in [7, 11) is -4.35. The van der Waals surface area contributed by atoms with E-state index in [1.807, 2.05) is 19.1 Å². The van der Waals surface area contributed by atoms with E-state index in [4.69, 9.17) is 13.6 Å². The van der Waals surface area contributed by atoms with Gasteiger partial charge in [-0.1, -0.05) is 54.5 Å². The molecule has 4 atom stereocenters. The predicted molar refractivity (Wildman–Crippen MR) is 122 cm³/mol. The molecule has 0 unspecified atom stereocenters. The molecule has 1 N–H and O–H groups in total. The molecule has 0 spiro atoms. The Kier molecular flexibility index (Phi) is 6.24. The van der Waals surface area contributed by atoms with Crippen molar-refractivity contribution >= 4 is 22.6 Å². The summed E-state index contributed by atoms with van der Waals surface area (Å²) in [6, 6.07) is 0. The summed E-state index contributed by atoms with van der Waals surface area (Å²) in [5.74, 6) is -0.629. The third-order valence-corrected chi connectivity index (χ3v) is 16.9. The van der Waals surface area contributed by atoms with Crippen LogP contribution in [0.5, 0.6) is 0 Å². The van der Waals surface area contributed by atoms with Crippen LogP contribution in [0.2, 0.25) is 36.3 Å². The second kappa shape index (κ2) is 7.29. The maximum Gasteiger partial charge on any atom is 0.341 e. The van der Waals surface area contributed by atoms with Crippen LogP contribution in [0, 0.1) is 11.3 Å². The van der Waals surface area contributed by atoms with E-state index in [9.17, 15) is 9.90 Å². The summed E-state index contributed by atoms with van der Waals surface area (Å²) in [6.07, 6.45) is 3.54. The average molecular weight is 443 g/mol. The Bertz CT molecular complexity index is 674. The monoisotopic (exact) mass is 442 g/mol. The first-order valence-corrected chi connectivity index (χ1v) is 16.5. The van der Waals surface area contributed by atoms with E-state index in [0.717, 1.165) is 0 Å². The van der Waals surface area contributed by atoms with Gasteiger partial charge in [-0.3, -0.25) is 0 Å². The summed E-state index contributed by atoms with van der Waals surface area (Å²) in [5, 5.41) is 10.5. The molecule has 2 rings (SSSR count). The number of esters is 1. The van der Waals surface area contributed by atoms with Crippen LogP contribution >= 0.6 is 0 Å². The van der Waals surface area contributed by atoms with Crippen molar-refractivity contribution in [3.05, 3.63) is 12.2 Å². The molecule has 1 heterocycles. The smallest absolute Gasteiger partial charge is 0.341 e. The third kappa shape index (κ3) is 4.05. The highest BCUT2D eigenvalue weighted by Gasteiger charge is 2.65. The lowest BCUT2D eigenvalue weighted by Gasteiger charge is -2.53. The van der Waals surface area contributed by atoms with Gasteiger partial charge in [-0.2, -0.15) is 0 Å². The van der Waals surface area contributed by atoms with E-state index < -0.39 is 27.7 Å². The quantitative estimate of drug-likeness (QED) is 0.373. The first-order valence-electron chi connectivity index (χ1n) is 10.7. The lowest BCUT2D eigenvalue weighted by molar-refractivity contribution is -0.151. The minimum absolute atomic E-state index is 0.0470. The van der Waals surface area contributed by atoms with Crippen molar-refractivity contribution in [2.45, 2.75) is 96.4 Å². The Hall–Kier alpha value is -0.476. The first kappa shape index (κ1) is 24.8. The molecule has 0 aromatic carbocycles. The number of ether oxygens (including phenoxy) is 1. The fourth-order valence-electron chi connectivity index (χ4n) is 3.64. The molecule has 5 nitrogen and oxygen atoms in total.